The van der Waals surface area contributed by atoms with Crippen LogP contribution in [-0.4, -0.2) is 64.0 Å². The lowest BCUT2D eigenvalue weighted by Gasteiger charge is -2.34. The number of carbonyl (C=O) groups is 1. The zero-order valence-electron chi connectivity index (χ0n) is 19.4. The van der Waals surface area contributed by atoms with Gasteiger partial charge in [0.1, 0.15) is 5.60 Å². The molecule has 10 heteroatoms. The van der Waals surface area contributed by atoms with Crippen molar-refractivity contribution in [3.05, 3.63) is 0 Å². The Morgan fingerprint density at radius 2 is 1.77 bits per heavy atom. The molecule has 0 aromatic heterocycles. The van der Waals surface area contributed by atoms with E-state index in [1.807, 2.05) is 34.6 Å². The fraction of sp³-hybridized carbons (Fsp3) is 0.900. The molecule has 9 nitrogen and oxygen atoms in total. The molecule has 1 saturated carbocycles. The lowest BCUT2D eigenvalue weighted by molar-refractivity contribution is 0.0448. The lowest BCUT2D eigenvalue weighted by Crippen LogP contribution is -2.57. The summed E-state index contributed by atoms with van der Waals surface area (Å²) in [7, 11) is -1.69. The molecule has 0 radical (unpaired) electrons. The van der Waals surface area contributed by atoms with Gasteiger partial charge in [0.15, 0.2) is 5.96 Å². The van der Waals surface area contributed by atoms with Crippen LogP contribution < -0.4 is 20.7 Å². The smallest absolute Gasteiger partial charge is 0.408 e. The second-order valence-corrected chi connectivity index (χ2v) is 10.9. The standard InChI is InChI=1S/C20H41N5O4S/c1-7-20(8-2,25-18(26)29-19(3,4)5)15-23-17(21-6)22-12-13-30(27,28)24-14-16-10-9-11-16/h16,24H,7-15H2,1-6H3,(H,25,26)(H2,21,22,23). The van der Waals surface area contributed by atoms with Crippen molar-refractivity contribution in [2.75, 3.05) is 32.4 Å². The van der Waals surface area contributed by atoms with Crippen LogP contribution in [-0.2, 0) is 14.8 Å². The molecule has 0 heterocycles. The van der Waals surface area contributed by atoms with Crippen LogP contribution in [0.25, 0.3) is 0 Å². The number of aliphatic imine (C=N–C) groups is 1. The molecule has 0 aromatic carbocycles. The minimum atomic E-state index is -3.31. The predicted molar refractivity (Wildman–Crippen MR) is 121 cm³/mol. The van der Waals surface area contributed by atoms with Crippen LogP contribution in [0.4, 0.5) is 4.79 Å². The van der Waals surface area contributed by atoms with E-state index in [9.17, 15) is 13.2 Å². The van der Waals surface area contributed by atoms with E-state index in [-0.39, 0.29) is 12.3 Å². The minimum Gasteiger partial charge on any atom is -0.444 e. The average molecular weight is 448 g/mol. The highest BCUT2D eigenvalue weighted by Crippen LogP contribution is 2.25. The molecule has 0 spiro atoms. The first-order valence-electron chi connectivity index (χ1n) is 10.9. The Labute approximate surface area is 182 Å². The maximum Gasteiger partial charge on any atom is 0.408 e. The van der Waals surface area contributed by atoms with Gasteiger partial charge in [0, 0.05) is 26.7 Å². The number of hydrogen-bond donors (Lipinski definition) is 4. The van der Waals surface area contributed by atoms with Crippen LogP contribution >= 0.6 is 0 Å². The van der Waals surface area contributed by atoms with Gasteiger partial charge < -0.3 is 20.7 Å². The van der Waals surface area contributed by atoms with Crippen molar-refractivity contribution < 1.29 is 17.9 Å². The van der Waals surface area contributed by atoms with Crippen molar-refractivity contribution in [3.63, 3.8) is 0 Å². The van der Waals surface area contributed by atoms with Gasteiger partial charge >= 0.3 is 6.09 Å². The molecular formula is C20H41N5O4S. The summed E-state index contributed by atoms with van der Waals surface area (Å²) < 4.78 is 32.3. The number of nitrogens with zero attached hydrogens (tertiary/aromatic N) is 1. The van der Waals surface area contributed by atoms with Gasteiger partial charge in [0.05, 0.1) is 11.3 Å². The van der Waals surface area contributed by atoms with Crippen molar-refractivity contribution in [1.29, 1.82) is 0 Å². The highest BCUT2D eigenvalue weighted by molar-refractivity contribution is 7.89. The average Bonchev–Trinajstić information content (AvgIpc) is 2.60. The van der Waals surface area contributed by atoms with E-state index in [0.29, 0.717) is 37.8 Å². The Morgan fingerprint density at radius 3 is 2.23 bits per heavy atom. The Hall–Kier alpha value is -1.55. The first kappa shape index (κ1) is 26.5. The van der Waals surface area contributed by atoms with Crippen molar-refractivity contribution in [1.82, 2.24) is 20.7 Å². The third kappa shape index (κ3) is 9.97. The van der Waals surface area contributed by atoms with Crippen molar-refractivity contribution >= 4 is 22.1 Å². The number of sulfonamides is 1. The summed E-state index contributed by atoms with van der Waals surface area (Å²) >= 11 is 0. The second kappa shape index (κ2) is 11.7. The van der Waals surface area contributed by atoms with Crippen molar-refractivity contribution in [3.8, 4) is 0 Å². The number of guanidine groups is 1. The fourth-order valence-electron chi connectivity index (χ4n) is 3.03. The molecule has 1 amide bonds. The number of ether oxygens (including phenoxy) is 1. The zero-order chi connectivity index (χ0) is 22.8. The summed E-state index contributed by atoms with van der Waals surface area (Å²) in [5.74, 6) is 0.945. The summed E-state index contributed by atoms with van der Waals surface area (Å²) in [6.07, 6.45) is 4.34. The number of alkyl carbamates (subject to hydrolysis) is 1. The van der Waals surface area contributed by atoms with Gasteiger partial charge in [0.2, 0.25) is 10.0 Å². The molecular weight excluding hydrogens is 406 g/mol. The molecule has 1 aliphatic carbocycles. The first-order chi connectivity index (χ1) is 13.9. The molecule has 0 aliphatic heterocycles. The van der Waals surface area contributed by atoms with Crippen molar-refractivity contribution in [2.45, 2.75) is 77.9 Å². The molecule has 0 bridgehead atoms. The fourth-order valence-corrected chi connectivity index (χ4v) is 4.04. The predicted octanol–water partition coefficient (Wildman–Crippen LogP) is 1.95. The topological polar surface area (TPSA) is 121 Å². The number of amides is 1. The number of rotatable bonds is 11. The summed E-state index contributed by atoms with van der Waals surface area (Å²) in [6.45, 7) is 10.7. The summed E-state index contributed by atoms with van der Waals surface area (Å²) in [5, 5.41) is 9.19. The Kier molecular flexibility index (Phi) is 10.4. The molecule has 1 rings (SSSR count). The molecule has 1 fully saturated rings. The lowest BCUT2D eigenvalue weighted by atomic mass is 9.86. The maximum absolute atomic E-state index is 12.2. The third-order valence-electron chi connectivity index (χ3n) is 5.42. The molecule has 1 aliphatic rings. The first-order valence-corrected chi connectivity index (χ1v) is 12.5. The highest BCUT2D eigenvalue weighted by Gasteiger charge is 2.30. The third-order valence-corrected chi connectivity index (χ3v) is 6.77. The molecule has 0 saturated heterocycles. The molecule has 4 N–H and O–H groups in total. The number of carbonyl (C=O) groups excluding carboxylic acids is 1. The van der Waals surface area contributed by atoms with Crippen LogP contribution in [0, 0.1) is 5.92 Å². The van der Waals surface area contributed by atoms with Gasteiger partial charge in [-0.3, -0.25) is 4.99 Å². The van der Waals surface area contributed by atoms with Gasteiger partial charge in [-0.1, -0.05) is 20.3 Å². The van der Waals surface area contributed by atoms with E-state index in [1.165, 1.54) is 6.42 Å². The summed E-state index contributed by atoms with van der Waals surface area (Å²) in [6, 6.07) is 0. The van der Waals surface area contributed by atoms with E-state index >= 15 is 0 Å². The molecule has 176 valence electrons. The van der Waals surface area contributed by atoms with E-state index in [0.717, 1.165) is 12.8 Å². The van der Waals surface area contributed by atoms with E-state index in [1.54, 1.807) is 7.05 Å². The second-order valence-electron chi connectivity index (χ2n) is 8.93. The van der Waals surface area contributed by atoms with Crippen LogP contribution in [0.5, 0.6) is 0 Å². The normalized spacial score (nSPS) is 16.0. The van der Waals surface area contributed by atoms with Gasteiger partial charge in [0.25, 0.3) is 0 Å². The van der Waals surface area contributed by atoms with Gasteiger partial charge in [-0.2, -0.15) is 0 Å². The number of hydrogen-bond acceptors (Lipinski definition) is 5. The Bertz CT molecular complexity index is 665. The Balaban J connectivity index is 2.49. The van der Waals surface area contributed by atoms with E-state index in [4.69, 9.17) is 4.74 Å². The van der Waals surface area contributed by atoms with Crippen molar-refractivity contribution in [2.24, 2.45) is 10.9 Å². The quantitative estimate of drug-likeness (QED) is 0.284. The van der Waals surface area contributed by atoms with Gasteiger partial charge in [-0.25, -0.2) is 17.9 Å². The van der Waals surface area contributed by atoms with E-state index < -0.39 is 27.3 Å². The minimum absolute atomic E-state index is 0.0245. The largest absolute Gasteiger partial charge is 0.444 e. The van der Waals surface area contributed by atoms with Crippen LogP contribution in [0.15, 0.2) is 4.99 Å². The zero-order valence-corrected chi connectivity index (χ0v) is 20.2. The summed E-state index contributed by atoms with van der Waals surface area (Å²) in [5.41, 5.74) is -1.07. The van der Waals surface area contributed by atoms with Gasteiger partial charge in [-0.05, 0) is 52.4 Å². The molecule has 30 heavy (non-hydrogen) atoms. The van der Waals surface area contributed by atoms with Gasteiger partial charge in [-0.15, -0.1) is 0 Å². The molecule has 0 unspecified atom stereocenters. The molecule has 0 aromatic rings. The summed E-state index contributed by atoms with van der Waals surface area (Å²) in [4.78, 5) is 16.4. The Morgan fingerprint density at radius 1 is 1.13 bits per heavy atom. The molecule has 0 atom stereocenters. The van der Waals surface area contributed by atoms with Crippen LogP contribution in [0.2, 0.25) is 0 Å². The van der Waals surface area contributed by atoms with E-state index in [2.05, 4.69) is 25.7 Å². The van der Waals surface area contributed by atoms with Crippen LogP contribution in [0.1, 0.15) is 66.7 Å². The SMILES string of the molecule is CCC(CC)(CNC(=NC)NCCS(=O)(=O)NCC1CCC1)NC(=O)OC(C)(C)C. The van der Waals surface area contributed by atoms with Crippen LogP contribution in [0.3, 0.4) is 0 Å². The number of nitrogens with one attached hydrogen (secondary N) is 4. The highest BCUT2D eigenvalue weighted by atomic mass is 32.2. The maximum atomic E-state index is 12.2. The monoisotopic (exact) mass is 447 g/mol.